The van der Waals surface area contributed by atoms with Gasteiger partial charge in [-0.05, 0) is 53.4 Å². The van der Waals surface area contributed by atoms with E-state index in [0.29, 0.717) is 18.8 Å². The molecule has 0 radical (unpaired) electrons. The van der Waals surface area contributed by atoms with Gasteiger partial charge in [-0.1, -0.05) is 53.4 Å². The number of guanidine groups is 2. The van der Waals surface area contributed by atoms with E-state index < -0.39 is 30.6 Å². The van der Waals surface area contributed by atoms with Crippen molar-refractivity contribution < 1.29 is 21.5 Å². The van der Waals surface area contributed by atoms with Crippen LogP contribution in [0.5, 0.6) is 0 Å². The minimum atomic E-state index is -1.19. The molecule has 7 heterocycles. The average molecular weight is 1830 g/mol. The minimum absolute atomic E-state index is 0.0144. The predicted molar refractivity (Wildman–Crippen MR) is 524 cm³/mol. The summed E-state index contributed by atoms with van der Waals surface area (Å²) >= 11 is -1.19. The summed E-state index contributed by atoms with van der Waals surface area (Å²) in [7, 11) is 0. The van der Waals surface area contributed by atoms with Gasteiger partial charge >= 0.3 is 618 Å². The van der Waals surface area contributed by atoms with E-state index in [1.165, 1.54) is 0 Å². The molecule has 5 aliphatic rings. The molecule has 0 unspecified atom stereocenters. The van der Waals surface area contributed by atoms with E-state index in [0.717, 1.165) is 293 Å². The summed E-state index contributed by atoms with van der Waals surface area (Å²) in [6.45, 7) is 87.5. The first-order chi connectivity index (χ1) is 57.5. The number of aromatic nitrogens is 6. The fraction of sp³-hybridized carbons (Fsp3) is 0.919. The first-order valence-corrected chi connectivity index (χ1v) is 52.6. The Labute approximate surface area is 766 Å². The molecule has 0 amide bonds. The number of unbranched alkanes of at least 4 members (excludes halogenated alkanes) is 9. The summed E-state index contributed by atoms with van der Waals surface area (Å²) in [5, 5.41) is 32.7. The van der Waals surface area contributed by atoms with Gasteiger partial charge in [0.05, 0.1) is 0 Å². The maximum absolute atomic E-state index is 7.54. The van der Waals surface area contributed by atoms with Crippen LogP contribution >= 0.6 is 0 Å². The van der Waals surface area contributed by atoms with Crippen LogP contribution < -0.4 is 78.5 Å². The Balaban J connectivity index is 1.83. The number of aliphatic imine (C=N–C) groups is 1. The van der Waals surface area contributed by atoms with Gasteiger partial charge in [0.1, 0.15) is 0 Å². The van der Waals surface area contributed by atoms with Gasteiger partial charge in [-0.2, -0.15) is 4.98 Å². The molecule has 712 valence electrons. The molecule has 7 N–H and O–H groups in total. The van der Waals surface area contributed by atoms with Gasteiger partial charge < -0.3 is 15.1 Å². The van der Waals surface area contributed by atoms with Gasteiger partial charge in [-0.25, -0.2) is 0 Å². The number of rotatable bonds is 48. The summed E-state index contributed by atoms with van der Waals surface area (Å²) in [5.74, 6) is 6.06. The third-order valence-electron chi connectivity index (χ3n) is 27.2. The molecule has 2 aromatic rings. The molecule has 123 heavy (non-hydrogen) atoms. The van der Waals surface area contributed by atoms with Gasteiger partial charge in [0.2, 0.25) is 0 Å². The molecule has 0 aromatic carbocycles. The molecule has 5 fully saturated rings. The van der Waals surface area contributed by atoms with E-state index in [2.05, 4.69) is 300 Å². The van der Waals surface area contributed by atoms with Crippen LogP contribution in [0.25, 0.3) is 0 Å². The number of anilines is 5. The summed E-state index contributed by atoms with van der Waals surface area (Å²) in [4.78, 5) is 56.5. The van der Waals surface area contributed by atoms with Crippen molar-refractivity contribution in [3.8, 4) is 0 Å². The van der Waals surface area contributed by atoms with E-state index in [1.54, 1.807) is 0 Å². The number of nitrogens with two attached hydrogens (primary N) is 1. The maximum atomic E-state index is 7.54. The van der Waals surface area contributed by atoms with E-state index >= 15 is 0 Å². The van der Waals surface area contributed by atoms with Crippen LogP contribution in [0, 0.1) is 0 Å². The molecule has 0 bridgehead atoms. The zero-order chi connectivity index (χ0) is 91.6. The van der Waals surface area contributed by atoms with Gasteiger partial charge in [0.25, 0.3) is 0 Å². The standard InChI is InChI=1S/C99H193IN23/c1-34-47-56-115(57-48-35-2)81(101)104-87(118(62-53-40-7)63-54-41-8)109-100-99(45-12,46-13)123(79-73-96(30,31)114-97(32,33)74-79)121(77-69-92(22,23)112-93(24,25)70-77)85-103-80(102-84(108-85)119(64-55-42-9)75-65-88(14,15)110-89(16,17)66-75)98(43-10,44-11)122(78-71-94(26,27)113-95(28,29)72-78)120(76-67-90(18,19)111-91(20,21)68-76)86-106-82(116(58-49-36-3)59-50-37-4)105-83(107-86)117(60-51-38-5)61-52-39-6/h75-79,110-114H,34-74H2,1-33H3,(H2,101,104,109)/q-1. The first kappa shape index (κ1) is 106. The van der Waals surface area contributed by atoms with Crippen molar-refractivity contribution in [3.05, 3.63) is 5.82 Å². The number of halogens is 1. The van der Waals surface area contributed by atoms with Crippen molar-refractivity contribution in [2.24, 2.45) is 13.9 Å². The van der Waals surface area contributed by atoms with Gasteiger partial charge in [-0.3, -0.25) is 0 Å². The molecular formula is C99H193IN23-. The Morgan fingerprint density at radius 1 is 0.325 bits per heavy atom. The van der Waals surface area contributed by atoms with Crippen molar-refractivity contribution in [1.82, 2.24) is 76.3 Å². The number of alkyl halides is 1. The van der Waals surface area contributed by atoms with E-state index in [1.807, 2.05) is 0 Å². The van der Waals surface area contributed by atoms with E-state index in [9.17, 15) is 0 Å². The van der Waals surface area contributed by atoms with Gasteiger partial charge in [-0.15, -0.1) is 0 Å². The molecule has 7 rings (SSSR count). The summed E-state index contributed by atoms with van der Waals surface area (Å²) < 4.78 is 5.78. The quantitative estimate of drug-likeness (QED) is 0.00906. The fourth-order valence-corrected chi connectivity index (χ4v) is 25.7. The molecule has 2 aromatic heterocycles. The van der Waals surface area contributed by atoms with Crippen LogP contribution in [0.3, 0.4) is 0 Å². The predicted octanol–water partition coefficient (Wildman–Crippen LogP) is 17.8. The second-order valence-corrected chi connectivity index (χ2v) is 48.2. The number of hydrogen-bond acceptors (Lipinski definition) is 19. The molecule has 0 aliphatic carbocycles. The number of nitrogens with zero attached hydrogens (tertiary/aromatic N) is 17. The van der Waals surface area contributed by atoms with Crippen LogP contribution in [0.4, 0.5) is 29.7 Å². The number of nitrogens with one attached hydrogen (secondary N) is 5. The third-order valence-corrected chi connectivity index (χ3v) is 30.8. The van der Waals surface area contributed by atoms with Crippen LogP contribution in [0.15, 0.2) is 8.20 Å². The molecular weight excluding hydrogens is 1640 g/mol. The Morgan fingerprint density at radius 2 is 0.593 bits per heavy atom. The van der Waals surface area contributed by atoms with Gasteiger partial charge in [0, 0.05) is 26.2 Å². The SMILES string of the molecule is CCCCN(CCCC)C(N)=NC(=N[I-]C(CC)(CC)N(C1CC(C)(C)NC(C)(C)C1)N(c1nc(N(CCCC)C2CC(C)(C)NC(C)(C)C2)nc(C(CC)(CC)N(C2CC(C)(C)NC(C)(C)C2)N(c2nc(N(CCCC)CCCC)nc(N(CCCC)CCCC)n2)C2CC(C)(C)NC(C)(C)C2)n1)C1CC(C)(C)NC(C)(C)C1)N(CCCC)CCCC. The molecule has 23 nitrogen and oxygen atoms in total. The topological polar surface area (TPSA) is 217 Å². The molecule has 5 aliphatic heterocycles. The molecule has 0 spiro atoms. The monoisotopic (exact) mass is 1830 g/mol. The Kier molecular flexibility index (Phi) is 39.2. The molecule has 5 saturated heterocycles. The van der Waals surface area contributed by atoms with Crippen molar-refractivity contribution in [1.29, 1.82) is 0 Å². The van der Waals surface area contributed by atoms with Crippen LogP contribution in [0.2, 0.25) is 0 Å². The van der Waals surface area contributed by atoms with Crippen molar-refractivity contribution in [2.75, 3.05) is 83.6 Å². The number of hydrazine groups is 2. The zero-order valence-electron chi connectivity index (χ0n) is 85.9. The Morgan fingerprint density at radius 3 is 0.927 bits per heavy atom. The van der Waals surface area contributed by atoms with Crippen molar-refractivity contribution >= 4 is 41.7 Å². The van der Waals surface area contributed by atoms with Gasteiger partial charge in [0.15, 0.2) is 0 Å². The molecule has 0 atom stereocenters. The fourth-order valence-electron chi connectivity index (χ4n) is 23.1. The van der Waals surface area contributed by atoms with E-state index in [4.69, 9.17) is 43.8 Å². The normalized spacial score (nSPS) is 21.3. The third kappa shape index (κ3) is 29.6. The second kappa shape index (κ2) is 45.4. The van der Waals surface area contributed by atoms with Crippen LogP contribution in [-0.2, 0) is 5.54 Å². The van der Waals surface area contributed by atoms with Crippen LogP contribution in [0.1, 0.15) is 440 Å². The second-order valence-electron chi connectivity index (χ2n) is 45.3. The summed E-state index contributed by atoms with van der Waals surface area (Å²) in [6, 6.07) is -0.127. The Hall–Kier alpha value is -3.79. The molecule has 0 saturated carbocycles. The van der Waals surface area contributed by atoms with Crippen LogP contribution in [-0.4, -0.2) is 210 Å². The molecule has 24 heteroatoms. The summed E-state index contributed by atoms with van der Waals surface area (Å²) in [5.41, 5.74) is 4.03. The average Bonchev–Trinajstić information content (AvgIpc) is 0.720. The Bertz CT molecular complexity index is 3390. The van der Waals surface area contributed by atoms with Crippen molar-refractivity contribution in [2.45, 2.75) is 529 Å². The zero-order valence-corrected chi connectivity index (χ0v) is 88.1. The summed E-state index contributed by atoms with van der Waals surface area (Å²) in [6.07, 6.45) is 30.8. The van der Waals surface area contributed by atoms with Crippen molar-refractivity contribution in [3.63, 3.8) is 0 Å². The van der Waals surface area contributed by atoms with E-state index in [-0.39, 0.29) is 85.6 Å². The number of piperidine rings is 5. The first-order valence-electron chi connectivity index (χ1n) is 50.5. The number of hydrogen-bond donors (Lipinski definition) is 6.